The Balaban J connectivity index is 1.79. The molecular weight excluding hydrogens is 412 g/mol. The predicted molar refractivity (Wildman–Crippen MR) is 138 cm³/mol. The molecule has 33 heavy (non-hydrogen) atoms. The highest BCUT2D eigenvalue weighted by molar-refractivity contribution is 5.94. The molecule has 0 aliphatic heterocycles. The second kappa shape index (κ2) is 13.1. The number of para-hydroxylation sites is 2. The number of aryl methyl sites for hydroxylation is 4. The van der Waals surface area contributed by atoms with Crippen LogP contribution in [0.5, 0.6) is 0 Å². The average Bonchev–Trinajstić information content (AvgIpc) is 2.73. The summed E-state index contributed by atoms with van der Waals surface area (Å²) in [7, 11) is 1.96. The average molecular weight is 453 g/mol. The molecule has 0 bridgehead atoms. The number of likely N-dealkylation sites (N-methyl/N-ethyl adjacent to an activating group) is 1. The first-order valence-corrected chi connectivity index (χ1v) is 11.8. The van der Waals surface area contributed by atoms with Gasteiger partial charge in [0, 0.05) is 11.4 Å². The molecule has 0 aromatic heterocycles. The van der Waals surface area contributed by atoms with Crippen molar-refractivity contribution in [3.05, 3.63) is 58.7 Å². The third-order valence-corrected chi connectivity index (χ3v) is 5.83. The fraction of sp³-hybridized carbons (Fsp3) is 0.481. The smallest absolute Gasteiger partial charge is 0.238 e. The van der Waals surface area contributed by atoms with Gasteiger partial charge in [-0.3, -0.25) is 19.4 Å². The molecule has 6 nitrogen and oxygen atoms in total. The van der Waals surface area contributed by atoms with Gasteiger partial charge in [-0.15, -0.1) is 0 Å². The highest BCUT2D eigenvalue weighted by Gasteiger charge is 2.14. The van der Waals surface area contributed by atoms with Crippen LogP contribution in [0.2, 0.25) is 0 Å². The van der Waals surface area contributed by atoms with Crippen LogP contribution in [-0.2, 0) is 9.59 Å². The van der Waals surface area contributed by atoms with Crippen LogP contribution < -0.4 is 10.6 Å². The van der Waals surface area contributed by atoms with Crippen molar-refractivity contribution in [2.45, 2.75) is 47.5 Å². The SMILES string of the molecule is CCCN(CCCN(C)CC(=O)Nc1c(C)cccc1C)CC(=O)Nc1c(C)cccc1C. The Labute approximate surface area is 199 Å². The second-order valence-corrected chi connectivity index (χ2v) is 9.00. The Hall–Kier alpha value is -2.70. The van der Waals surface area contributed by atoms with Gasteiger partial charge in [-0.2, -0.15) is 0 Å². The number of hydrogen-bond donors (Lipinski definition) is 2. The van der Waals surface area contributed by atoms with E-state index in [9.17, 15) is 9.59 Å². The van der Waals surface area contributed by atoms with E-state index in [0.717, 1.165) is 66.1 Å². The van der Waals surface area contributed by atoms with Crippen molar-refractivity contribution in [3.63, 3.8) is 0 Å². The first-order chi connectivity index (χ1) is 15.7. The molecule has 0 atom stereocenters. The Morgan fingerprint density at radius 1 is 0.727 bits per heavy atom. The summed E-state index contributed by atoms with van der Waals surface area (Å²) in [5, 5.41) is 6.12. The van der Waals surface area contributed by atoms with Crippen molar-refractivity contribution >= 4 is 23.2 Å². The highest BCUT2D eigenvalue weighted by Crippen LogP contribution is 2.20. The van der Waals surface area contributed by atoms with Crippen LogP contribution in [0.3, 0.4) is 0 Å². The van der Waals surface area contributed by atoms with E-state index in [1.807, 2.05) is 76.0 Å². The highest BCUT2D eigenvalue weighted by atomic mass is 16.2. The van der Waals surface area contributed by atoms with Crippen LogP contribution in [0.4, 0.5) is 11.4 Å². The van der Waals surface area contributed by atoms with E-state index in [-0.39, 0.29) is 11.8 Å². The molecule has 0 saturated carbocycles. The van der Waals surface area contributed by atoms with E-state index < -0.39 is 0 Å². The van der Waals surface area contributed by atoms with E-state index in [1.54, 1.807) is 0 Å². The summed E-state index contributed by atoms with van der Waals surface area (Å²) in [4.78, 5) is 29.4. The maximum absolute atomic E-state index is 12.7. The first kappa shape index (κ1) is 26.6. The predicted octanol–water partition coefficient (Wildman–Crippen LogP) is 4.53. The van der Waals surface area contributed by atoms with E-state index >= 15 is 0 Å². The van der Waals surface area contributed by atoms with Crippen LogP contribution in [-0.4, -0.2) is 61.4 Å². The van der Waals surface area contributed by atoms with Gasteiger partial charge in [0.1, 0.15) is 0 Å². The molecule has 0 radical (unpaired) electrons. The largest absolute Gasteiger partial charge is 0.324 e. The zero-order chi connectivity index (χ0) is 24.4. The van der Waals surface area contributed by atoms with Crippen LogP contribution in [0, 0.1) is 27.7 Å². The molecule has 0 aliphatic rings. The molecule has 0 saturated heterocycles. The maximum atomic E-state index is 12.7. The van der Waals surface area contributed by atoms with Gasteiger partial charge in [0.25, 0.3) is 0 Å². The zero-order valence-electron chi connectivity index (χ0n) is 21.1. The van der Waals surface area contributed by atoms with Gasteiger partial charge in [0.05, 0.1) is 13.1 Å². The third-order valence-electron chi connectivity index (χ3n) is 5.83. The molecule has 2 aromatic rings. The summed E-state index contributed by atoms with van der Waals surface area (Å²) in [6.07, 6.45) is 1.88. The number of carbonyl (C=O) groups is 2. The minimum atomic E-state index is -0.00621. The van der Waals surface area contributed by atoms with Crippen molar-refractivity contribution in [1.29, 1.82) is 0 Å². The van der Waals surface area contributed by atoms with Gasteiger partial charge in [0.2, 0.25) is 11.8 Å². The Morgan fingerprint density at radius 3 is 1.64 bits per heavy atom. The molecule has 0 fully saturated rings. The third kappa shape index (κ3) is 8.63. The molecule has 2 aromatic carbocycles. The summed E-state index contributed by atoms with van der Waals surface area (Å²) < 4.78 is 0. The lowest BCUT2D eigenvalue weighted by molar-refractivity contribution is -0.117. The summed E-state index contributed by atoms with van der Waals surface area (Å²) in [6.45, 7) is 13.4. The molecule has 2 amide bonds. The number of benzene rings is 2. The van der Waals surface area contributed by atoms with Crippen LogP contribution >= 0.6 is 0 Å². The molecule has 6 heteroatoms. The van der Waals surface area contributed by atoms with Crippen molar-refractivity contribution in [2.75, 3.05) is 50.4 Å². The molecule has 0 spiro atoms. The lowest BCUT2D eigenvalue weighted by atomic mass is 10.1. The number of carbonyl (C=O) groups excluding carboxylic acids is 2. The molecule has 0 heterocycles. The Morgan fingerprint density at radius 2 is 1.18 bits per heavy atom. The fourth-order valence-electron chi connectivity index (χ4n) is 4.06. The Bertz CT molecular complexity index is 901. The zero-order valence-corrected chi connectivity index (χ0v) is 21.1. The van der Waals surface area contributed by atoms with Crippen LogP contribution in [0.15, 0.2) is 36.4 Å². The number of nitrogens with zero attached hydrogens (tertiary/aromatic N) is 2. The number of amides is 2. The van der Waals surface area contributed by atoms with Crippen molar-refractivity contribution < 1.29 is 9.59 Å². The maximum Gasteiger partial charge on any atom is 0.238 e. The fourth-order valence-corrected chi connectivity index (χ4v) is 4.06. The van der Waals surface area contributed by atoms with E-state index in [4.69, 9.17) is 0 Å². The van der Waals surface area contributed by atoms with Crippen LogP contribution in [0.1, 0.15) is 42.0 Å². The minimum Gasteiger partial charge on any atom is -0.324 e. The van der Waals surface area contributed by atoms with Gasteiger partial charge in [-0.05, 0) is 89.5 Å². The van der Waals surface area contributed by atoms with Crippen molar-refractivity contribution in [2.24, 2.45) is 0 Å². The van der Waals surface area contributed by atoms with E-state index in [2.05, 4.69) is 22.5 Å². The molecular formula is C27H40N4O2. The first-order valence-electron chi connectivity index (χ1n) is 11.8. The summed E-state index contributed by atoms with van der Waals surface area (Å²) >= 11 is 0. The minimum absolute atomic E-state index is 0.00621. The van der Waals surface area contributed by atoms with Gasteiger partial charge >= 0.3 is 0 Å². The monoisotopic (exact) mass is 452 g/mol. The topological polar surface area (TPSA) is 64.7 Å². The van der Waals surface area contributed by atoms with Gasteiger partial charge in [-0.1, -0.05) is 43.3 Å². The quantitative estimate of drug-likeness (QED) is 0.497. The number of nitrogens with one attached hydrogen (secondary N) is 2. The van der Waals surface area contributed by atoms with Crippen molar-refractivity contribution in [3.8, 4) is 0 Å². The van der Waals surface area contributed by atoms with E-state index in [1.165, 1.54) is 0 Å². The summed E-state index contributed by atoms with van der Waals surface area (Å²) in [6, 6.07) is 12.0. The van der Waals surface area contributed by atoms with Gasteiger partial charge in [-0.25, -0.2) is 0 Å². The van der Waals surface area contributed by atoms with E-state index in [0.29, 0.717) is 13.1 Å². The normalized spacial score (nSPS) is 11.2. The van der Waals surface area contributed by atoms with Gasteiger partial charge < -0.3 is 10.6 Å². The lowest BCUT2D eigenvalue weighted by Gasteiger charge is -2.23. The lowest BCUT2D eigenvalue weighted by Crippen LogP contribution is -2.37. The number of rotatable bonds is 12. The number of anilines is 2. The second-order valence-electron chi connectivity index (χ2n) is 9.00. The van der Waals surface area contributed by atoms with Crippen LogP contribution in [0.25, 0.3) is 0 Å². The standard InChI is InChI=1S/C27H40N4O2/c1-7-15-31(19-25(33)29-27-22(4)13-9-14-23(27)5)17-10-16-30(6)18-24(32)28-26-20(2)11-8-12-21(26)3/h8-9,11-14H,7,10,15-19H2,1-6H3,(H,28,32)(H,29,33). The molecule has 0 unspecified atom stereocenters. The summed E-state index contributed by atoms with van der Waals surface area (Å²) in [5.74, 6) is 0.00970. The molecule has 180 valence electrons. The summed E-state index contributed by atoms with van der Waals surface area (Å²) in [5.41, 5.74) is 6.10. The molecule has 0 aliphatic carbocycles. The van der Waals surface area contributed by atoms with Gasteiger partial charge in [0.15, 0.2) is 0 Å². The molecule has 2 N–H and O–H groups in total. The number of hydrogen-bond acceptors (Lipinski definition) is 4. The Kier molecular flexibility index (Phi) is 10.6. The van der Waals surface area contributed by atoms with Crippen molar-refractivity contribution in [1.82, 2.24) is 9.80 Å². The molecule has 2 rings (SSSR count).